The minimum Gasteiger partial charge on any atom is -0.497 e. The Morgan fingerprint density at radius 3 is 2.43 bits per heavy atom. The largest absolute Gasteiger partial charge is 0.497 e. The lowest BCUT2D eigenvalue weighted by atomic mass is 9.99. The normalized spacial score (nSPS) is 15.7. The van der Waals surface area contributed by atoms with Crippen LogP contribution in [0.15, 0.2) is 72.8 Å². The highest BCUT2D eigenvalue weighted by atomic mass is 32.2. The van der Waals surface area contributed by atoms with E-state index in [2.05, 4.69) is 5.32 Å². The molecule has 0 saturated carbocycles. The number of ether oxygens (including phenoxy) is 1. The van der Waals surface area contributed by atoms with Gasteiger partial charge in [0.15, 0.2) is 0 Å². The van der Waals surface area contributed by atoms with Gasteiger partial charge in [-0.2, -0.15) is 5.10 Å². The highest BCUT2D eigenvalue weighted by Crippen LogP contribution is 2.49. The molecule has 5 rings (SSSR count). The number of rotatable bonds is 8. The Bertz CT molecular complexity index is 1590. The maximum absolute atomic E-state index is 15.4. The molecule has 1 aromatic heterocycles. The van der Waals surface area contributed by atoms with Gasteiger partial charge in [0.05, 0.1) is 29.5 Å². The summed E-state index contributed by atoms with van der Waals surface area (Å²) in [6.07, 6.45) is 0. The first-order valence-corrected chi connectivity index (χ1v) is 14.7. The van der Waals surface area contributed by atoms with Crippen LogP contribution in [0.4, 0.5) is 14.6 Å². The van der Waals surface area contributed by atoms with Crippen LogP contribution < -0.4 is 15.0 Å². The predicted molar refractivity (Wildman–Crippen MR) is 161 cm³/mol. The van der Waals surface area contributed by atoms with Gasteiger partial charge in [-0.3, -0.25) is 14.5 Å². The summed E-state index contributed by atoms with van der Waals surface area (Å²) in [4.78, 5) is 28.5. The summed E-state index contributed by atoms with van der Waals surface area (Å²) in [5.74, 6) is -0.906. The molecule has 2 amide bonds. The molecule has 4 aromatic rings. The summed E-state index contributed by atoms with van der Waals surface area (Å²) in [5, 5.41) is 7.24. The molecule has 0 aliphatic carbocycles. The molecule has 2 heterocycles. The molecule has 2 atom stereocenters. The summed E-state index contributed by atoms with van der Waals surface area (Å²) >= 11 is 1.22. The van der Waals surface area contributed by atoms with Crippen LogP contribution in [0.1, 0.15) is 37.1 Å². The Kier molecular flexibility index (Phi) is 8.63. The fraction of sp³-hybridized carbons (Fsp3) is 0.281. The van der Waals surface area contributed by atoms with Gasteiger partial charge in [-0.15, -0.1) is 11.8 Å². The number of methoxy groups -OCH3 is 1. The van der Waals surface area contributed by atoms with Gasteiger partial charge in [0.1, 0.15) is 29.7 Å². The lowest BCUT2D eigenvalue weighted by Gasteiger charge is -2.25. The number of nitrogens with one attached hydrogen (secondary N) is 1. The second kappa shape index (κ2) is 12.4. The third kappa shape index (κ3) is 5.90. The van der Waals surface area contributed by atoms with E-state index in [4.69, 9.17) is 9.84 Å². The number of anilines is 1. The van der Waals surface area contributed by atoms with Crippen LogP contribution in [0.5, 0.6) is 5.75 Å². The van der Waals surface area contributed by atoms with Crippen molar-refractivity contribution in [3.05, 3.63) is 95.6 Å². The highest BCUT2D eigenvalue weighted by Gasteiger charge is 2.38. The van der Waals surface area contributed by atoms with Crippen molar-refractivity contribution in [1.82, 2.24) is 15.1 Å². The number of benzene rings is 3. The molecule has 0 fully saturated rings. The SMILES string of the molecule is COc1ccc(-n2nc(-c3ccccc3)c3c2N(CC(=O)NC(C)C(C)C)C(=O)CSC3c2ccc(F)cc2F)cc1. The zero-order valence-electron chi connectivity index (χ0n) is 23.8. The van der Waals surface area contributed by atoms with Crippen molar-refractivity contribution in [3.8, 4) is 22.7 Å². The average Bonchev–Trinajstić information content (AvgIpc) is 3.31. The van der Waals surface area contributed by atoms with Gasteiger partial charge in [0, 0.05) is 28.8 Å². The number of carbonyl (C=O) groups excluding carboxylic acids is 2. The second-order valence-corrected chi connectivity index (χ2v) is 11.6. The molecular formula is C32H32F2N4O3S. The fourth-order valence-corrected chi connectivity index (χ4v) is 6.02. The van der Waals surface area contributed by atoms with Gasteiger partial charge in [-0.25, -0.2) is 13.5 Å². The summed E-state index contributed by atoms with van der Waals surface area (Å²) in [6, 6.07) is 19.9. The summed E-state index contributed by atoms with van der Waals surface area (Å²) in [5.41, 5.74) is 2.68. The van der Waals surface area contributed by atoms with Crippen LogP contribution in [0, 0.1) is 17.6 Å². The Morgan fingerprint density at radius 2 is 1.79 bits per heavy atom. The molecule has 1 aliphatic rings. The first kappa shape index (κ1) is 29.3. The molecule has 42 heavy (non-hydrogen) atoms. The molecule has 0 bridgehead atoms. The van der Waals surface area contributed by atoms with E-state index in [9.17, 15) is 14.0 Å². The summed E-state index contributed by atoms with van der Waals surface area (Å²) in [7, 11) is 1.57. The number of hydrogen-bond acceptors (Lipinski definition) is 5. The Hall–Kier alpha value is -4.18. The Balaban J connectivity index is 1.77. The monoisotopic (exact) mass is 590 g/mol. The maximum Gasteiger partial charge on any atom is 0.240 e. The van der Waals surface area contributed by atoms with Gasteiger partial charge in [0.25, 0.3) is 0 Å². The minimum absolute atomic E-state index is 0.0278. The van der Waals surface area contributed by atoms with E-state index >= 15 is 4.39 Å². The van der Waals surface area contributed by atoms with Gasteiger partial charge in [-0.05, 0) is 43.2 Å². The Labute approximate surface area is 247 Å². The topological polar surface area (TPSA) is 76.5 Å². The quantitative estimate of drug-likeness (QED) is 0.266. The van der Waals surface area contributed by atoms with E-state index < -0.39 is 16.9 Å². The zero-order chi connectivity index (χ0) is 30.0. The number of carbonyl (C=O) groups is 2. The first-order chi connectivity index (χ1) is 20.2. The second-order valence-electron chi connectivity index (χ2n) is 10.5. The molecule has 0 saturated heterocycles. The lowest BCUT2D eigenvalue weighted by molar-refractivity contribution is -0.123. The van der Waals surface area contributed by atoms with E-state index in [1.807, 2.05) is 51.1 Å². The number of aromatic nitrogens is 2. The molecule has 7 nitrogen and oxygen atoms in total. The molecule has 3 aromatic carbocycles. The van der Waals surface area contributed by atoms with E-state index in [-0.39, 0.29) is 41.6 Å². The number of hydrogen-bond donors (Lipinski definition) is 1. The molecular weight excluding hydrogens is 558 g/mol. The van der Waals surface area contributed by atoms with E-state index in [1.165, 1.54) is 28.8 Å². The standard InChI is InChI=1S/C32H32F2N4O3S/c1-19(2)20(3)35-27(39)17-37-28(40)18-42-31(25-15-10-22(33)16-26(25)34)29-30(21-8-6-5-7-9-21)36-38(32(29)37)23-11-13-24(41-4)14-12-23/h5-16,19-20,31H,17-18H2,1-4H3,(H,35,39). The van der Waals surface area contributed by atoms with Crippen molar-refractivity contribution in [2.24, 2.45) is 5.92 Å². The lowest BCUT2D eigenvalue weighted by Crippen LogP contribution is -2.46. The Morgan fingerprint density at radius 1 is 1.07 bits per heavy atom. The van der Waals surface area contributed by atoms with Gasteiger partial charge >= 0.3 is 0 Å². The van der Waals surface area contributed by atoms with Crippen LogP contribution in [0.25, 0.3) is 16.9 Å². The molecule has 1 N–H and O–H groups in total. The first-order valence-electron chi connectivity index (χ1n) is 13.7. The van der Waals surface area contributed by atoms with Crippen LogP contribution in [0.2, 0.25) is 0 Å². The maximum atomic E-state index is 15.4. The number of halogens is 2. The molecule has 1 aliphatic heterocycles. The molecule has 10 heteroatoms. The van der Waals surface area contributed by atoms with Crippen LogP contribution in [-0.2, 0) is 9.59 Å². The van der Waals surface area contributed by atoms with E-state index in [0.717, 1.165) is 11.6 Å². The van der Waals surface area contributed by atoms with Crippen molar-refractivity contribution < 1.29 is 23.1 Å². The van der Waals surface area contributed by atoms with Crippen molar-refractivity contribution in [2.75, 3.05) is 24.3 Å². The van der Waals surface area contributed by atoms with Gasteiger partial charge in [-0.1, -0.05) is 50.2 Å². The van der Waals surface area contributed by atoms with Crippen LogP contribution in [0.3, 0.4) is 0 Å². The van der Waals surface area contributed by atoms with Crippen molar-refractivity contribution in [3.63, 3.8) is 0 Å². The molecule has 0 spiro atoms. The zero-order valence-corrected chi connectivity index (χ0v) is 24.6. The number of thioether (sulfide) groups is 1. The number of nitrogens with zero attached hydrogens (tertiary/aromatic N) is 3. The summed E-state index contributed by atoms with van der Waals surface area (Å²) < 4.78 is 36.3. The molecule has 2 unspecified atom stereocenters. The number of fused-ring (bicyclic) bond motifs is 1. The highest BCUT2D eigenvalue weighted by molar-refractivity contribution is 8.00. The number of amides is 2. The van der Waals surface area contributed by atoms with Crippen molar-refractivity contribution in [2.45, 2.75) is 32.1 Å². The third-order valence-electron chi connectivity index (χ3n) is 7.39. The van der Waals surface area contributed by atoms with Crippen LogP contribution in [-0.4, -0.2) is 47.0 Å². The average molecular weight is 591 g/mol. The van der Waals surface area contributed by atoms with Gasteiger partial charge < -0.3 is 10.1 Å². The van der Waals surface area contributed by atoms with Crippen molar-refractivity contribution in [1.29, 1.82) is 0 Å². The van der Waals surface area contributed by atoms with E-state index in [0.29, 0.717) is 28.5 Å². The fourth-order valence-electron chi connectivity index (χ4n) is 4.80. The minimum atomic E-state index is -0.723. The molecule has 0 radical (unpaired) electrons. The predicted octanol–water partition coefficient (Wildman–Crippen LogP) is 6.16. The molecule has 218 valence electrons. The van der Waals surface area contributed by atoms with Crippen molar-refractivity contribution >= 4 is 29.4 Å². The van der Waals surface area contributed by atoms with Crippen LogP contribution >= 0.6 is 11.8 Å². The summed E-state index contributed by atoms with van der Waals surface area (Å²) in [6.45, 7) is 5.67. The van der Waals surface area contributed by atoms with E-state index in [1.54, 1.807) is 36.1 Å². The third-order valence-corrected chi connectivity index (χ3v) is 8.63. The van der Waals surface area contributed by atoms with Gasteiger partial charge in [0.2, 0.25) is 11.8 Å². The smallest absolute Gasteiger partial charge is 0.240 e.